The molecule has 3 aromatic heterocycles. The Balaban J connectivity index is 1.61. The first kappa shape index (κ1) is 22.4. The van der Waals surface area contributed by atoms with Crippen molar-refractivity contribution in [2.24, 2.45) is 0 Å². The van der Waals surface area contributed by atoms with E-state index >= 15 is 0 Å². The van der Waals surface area contributed by atoms with Crippen molar-refractivity contribution < 1.29 is 4.79 Å². The van der Waals surface area contributed by atoms with Gasteiger partial charge in [-0.3, -0.25) is 19.1 Å². The maximum absolute atomic E-state index is 12.8. The number of benzene rings is 1. The van der Waals surface area contributed by atoms with Gasteiger partial charge in [-0.2, -0.15) is 0 Å². The molecular weight excluding hydrogens is 460 g/mol. The fourth-order valence-corrected chi connectivity index (χ4v) is 6.03. The average molecular weight is 483 g/mol. The van der Waals surface area contributed by atoms with E-state index in [2.05, 4.69) is 18.5 Å². The topological polar surface area (TPSA) is 68.1 Å². The van der Waals surface area contributed by atoms with Crippen LogP contribution in [0.1, 0.15) is 25.1 Å². The standard InChI is InChI=1S/C23H22N4O2S3/c1-4-11-26-21(29)20-18(10-12-30-20)25-22(26)31-13-17-14-32-23(24-17)27(15(3)28)19-9-7-6-8-16(19)5-2/h4,6-10,12,14H,1,5,11,13H2,2-3H3. The summed E-state index contributed by atoms with van der Waals surface area (Å²) < 4.78 is 2.29. The Labute approximate surface area is 198 Å². The highest BCUT2D eigenvalue weighted by Crippen LogP contribution is 2.33. The van der Waals surface area contributed by atoms with Gasteiger partial charge >= 0.3 is 0 Å². The summed E-state index contributed by atoms with van der Waals surface area (Å²) in [6, 6.07) is 9.75. The van der Waals surface area contributed by atoms with Crippen molar-refractivity contribution >= 4 is 61.4 Å². The van der Waals surface area contributed by atoms with E-state index in [1.807, 2.05) is 41.1 Å². The van der Waals surface area contributed by atoms with Crippen LogP contribution in [0.25, 0.3) is 10.2 Å². The Hall–Kier alpha value is -2.75. The van der Waals surface area contributed by atoms with Crippen LogP contribution >= 0.6 is 34.4 Å². The largest absolute Gasteiger partial charge is 0.282 e. The van der Waals surface area contributed by atoms with E-state index in [1.54, 1.807) is 22.5 Å². The molecule has 32 heavy (non-hydrogen) atoms. The summed E-state index contributed by atoms with van der Waals surface area (Å²) in [5.41, 5.74) is 3.45. The molecule has 0 atom stereocenters. The Kier molecular flexibility index (Phi) is 6.88. The molecule has 3 heterocycles. The lowest BCUT2D eigenvalue weighted by molar-refractivity contribution is -0.115. The Bertz CT molecular complexity index is 1340. The van der Waals surface area contributed by atoms with Crippen molar-refractivity contribution in [2.75, 3.05) is 4.90 Å². The fraction of sp³-hybridized carbons (Fsp3) is 0.217. The van der Waals surface area contributed by atoms with Crippen molar-refractivity contribution in [1.82, 2.24) is 14.5 Å². The van der Waals surface area contributed by atoms with Gasteiger partial charge in [0.1, 0.15) is 4.70 Å². The zero-order valence-electron chi connectivity index (χ0n) is 17.8. The van der Waals surface area contributed by atoms with E-state index in [1.165, 1.54) is 34.4 Å². The fourth-order valence-electron chi connectivity index (χ4n) is 3.36. The van der Waals surface area contributed by atoms with Crippen LogP contribution in [0.5, 0.6) is 0 Å². The van der Waals surface area contributed by atoms with Gasteiger partial charge in [-0.1, -0.05) is 43.0 Å². The minimum absolute atomic E-state index is 0.0507. The maximum Gasteiger partial charge on any atom is 0.272 e. The molecule has 0 saturated carbocycles. The molecular formula is C23H22N4O2S3. The lowest BCUT2D eigenvalue weighted by Gasteiger charge is -2.21. The van der Waals surface area contributed by atoms with Crippen molar-refractivity contribution in [3.63, 3.8) is 0 Å². The number of thioether (sulfide) groups is 1. The monoisotopic (exact) mass is 482 g/mol. The minimum atomic E-state index is -0.0798. The number of hydrogen-bond acceptors (Lipinski definition) is 7. The number of para-hydroxylation sites is 1. The summed E-state index contributed by atoms with van der Waals surface area (Å²) in [5.74, 6) is 0.459. The van der Waals surface area contributed by atoms with Gasteiger partial charge in [0.2, 0.25) is 5.91 Å². The predicted octanol–water partition coefficient (Wildman–Crippen LogP) is 5.64. The number of thiophene rings is 1. The first-order valence-corrected chi connectivity index (χ1v) is 12.8. The molecule has 0 fully saturated rings. The van der Waals surface area contributed by atoms with Crippen molar-refractivity contribution in [1.29, 1.82) is 0 Å². The molecule has 0 bridgehead atoms. The van der Waals surface area contributed by atoms with Crippen LogP contribution in [-0.2, 0) is 23.5 Å². The number of rotatable bonds is 8. The van der Waals surface area contributed by atoms with E-state index < -0.39 is 0 Å². The number of aryl methyl sites for hydroxylation is 1. The van der Waals surface area contributed by atoms with Crippen LogP contribution in [0.4, 0.5) is 10.8 Å². The molecule has 0 N–H and O–H groups in total. The van der Waals surface area contributed by atoms with Gasteiger partial charge in [0, 0.05) is 24.6 Å². The van der Waals surface area contributed by atoms with Gasteiger partial charge in [-0.15, -0.1) is 29.3 Å². The smallest absolute Gasteiger partial charge is 0.272 e. The third kappa shape index (κ3) is 4.41. The third-order valence-corrected chi connectivity index (χ3v) is 7.63. The molecule has 0 saturated heterocycles. The summed E-state index contributed by atoms with van der Waals surface area (Å²) in [5, 5.41) is 5.10. The van der Waals surface area contributed by atoms with E-state index in [0.29, 0.717) is 32.8 Å². The van der Waals surface area contributed by atoms with Gasteiger partial charge in [0.15, 0.2) is 10.3 Å². The van der Waals surface area contributed by atoms with Crippen molar-refractivity contribution in [3.05, 3.63) is 75.4 Å². The molecule has 0 radical (unpaired) electrons. The molecule has 0 unspecified atom stereocenters. The molecule has 0 aliphatic carbocycles. The minimum Gasteiger partial charge on any atom is -0.282 e. The summed E-state index contributed by atoms with van der Waals surface area (Å²) in [6.45, 7) is 7.79. The second kappa shape index (κ2) is 9.81. The van der Waals surface area contributed by atoms with Gasteiger partial charge in [0.25, 0.3) is 5.56 Å². The molecule has 1 amide bonds. The number of aromatic nitrogens is 3. The van der Waals surface area contributed by atoms with Crippen LogP contribution in [0.3, 0.4) is 0 Å². The van der Waals surface area contributed by atoms with Crippen molar-refractivity contribution in [3.8, 4) is 0 Å². The molecule has 0 spiro atoms. The second-order valence-electron chi connectivity index (χ2n) is 6.98. The van der Waals surface area contributed by atoms with Crippen LogP contribution < -0.4 is 10.5 Å². The van der Waals surface area contributed by atoms with Gasteiger partial charge in [0.05, 0.1) is 16.9 Å². The molecule has 1 aromatic carbocycles. The first-order chi connectivity index (χ1) is 15.5. The van der Waals surface area contributed by atoms with Crippen LogP contribution in [0.2, 0.25) is 0 Å². The normalized spacial score (nSPS) is 11.1. The number of amides is 1. The third-order valence-electron chi connectivity index (χ3n) is 4.85. The molecule has 164 valence electrons. The summed E-state index contributed by atoms with van der Waals surface area (Å²) in [4.78, 5) is 36.4. The lowest BCUT2D eigenvalue weighted by Crippen LogP contribution is -2.23. The second-order valence-corrected chi connectivity index (χ2v) is 9.68. The highest BCUT2D eigenvalue weighted by Gasteiger charge is 2.20. The summed E-state index contributed by atoms with van der Waals surface area (Å²) in [7, 11) is 0. The molecule has 4 rings (SSSR count). The summed E-state index contributed by atoms with van der Waals surface area (Å²) in [6.07, 6.45) is 2.52. The highest BCUT2D eigenvalue weighted by atomic mass is 32.2. The number of fused-ring (bicyclic) bond motifs is 1. The number of hydrogen-bond donors (Lipinski definition) is 0. The SMILES string of the molecule is C=CCn1c(SCc2csc(N(C(C)=O)c3ccccc3CC)n2)nc2ccsc2c1=O. The van der Waals surface area contributed by atoms with Crippen molar-refractivity contribution in [2.45, 2.75) is 37.7 Å². The lowest BCUT2D eigenvalue weighted by atomic mass is 10.1. The Morgan fingerprint density at radius 3 is 2.81 bits per heavy atom. The quantitative estimate of drug-likeness (QED) is 0.185. The average Bonchev–Trinajstić information content (AvgIpc) is 3.44. The number of carbonyl (C=O) groups is 1. The Morgan fingerprint density at radius 1 is 1.25 bits per heavy atom. The highest BCUT2D eigenvalue weighted by molar-refractivity contribution is 7.98. The number of nitrogens with zero attached hydrogens (tertiary/aromatic N) is 4. The zero-order chi connectivity index (χ0) is 22.7. The predicted molar refractivity (Wildman–Crippen MR) is 134 cm³/mol. The summed E-state index contributed by atoms with van der Waals surface area (Å²) >= 11 is 4.29. The number of thiazole rings is 1. The van der Waals surface area contributed by atoms with Gasteiger partial charge < -0.3 is 0 Å². The van der Waals surface area contributed by atoms with Gasteiger partial charge in [-0.05, 0) is 29.5 Å². The molecule has 0 aliphatic heterocycles. The molecule has 4 aromatic rings. The number of allylic oxidation sites excluding steroid dienone is 1. The molecule has 9 heteroatoms. The number of carbonyl (C=O) groups excluding carboxylic acids is 1. The van der Waals surface area contributed by atoms with Crippen LogP contribution in [-0.4, -0.2) is 20.4 Å². The van der Waals surface area contributed by atoms with Crippen LogP contribution in [0, 0.1) is 0 Å². The van der Waals surface area contributed by atoms with E-state index in [0.717, 1.165) is 23.4 Å². The van der Waals surface area contributed by atoms with E-state index in [4.69, 9.17) is 4.98 Å². The first-order valence-electron chi connectivity index (χ1n) is 10.1. The zero-order valence-corrected chi connectivity index (χ0v) is 20.2. The molecule has 6 nitrogen and oxygen atoms in total. The van der Waals surface area contributed by atoms with E-state index in [-0.39, 0.29) is 11.5 Å². The molecule has 0 aliphatic rings. The number of anilines is 2. The maximum atomic E-state index is 12.8. The Morgan fingerprint density at radius 2 is 2.06 bits per heavy atom. The van der Waals surface area contributed by atoms with E-state index in [9.17, 15) is 9.59 Å². The van der Waals surface area contributed by atoms with Crippen LogP contribution in [0.15, 0.2) is 63.7 Å². The van der Waals surface area contributed by atoms with Gasteiger partial charge in [-0.25, -0.2) is 9.97 Å².